The Hall–Kier alpha value is -2.43. The summed E-state index contributed by atoms with van der Waals surface area (Å²) < 4.78 is 13.3. The fraction of sp³-hybridized carbons (Fsp3) is 0.400. The summed E-state index contributed by atoms with van der Waals surface area (Å²) in [7, 11) is 0. The Kier molecular flexibility index (Phi) is 5.99. The number of amides is 2. The van der Waals surface area contributed by atoms with E-state index in [1.807, 2.05) is 17.0 Å². The number of carbonyl (C=O) groups excluding carboxylic acids is 1. The Labute approximate surface area is 148 Å². The van der Waals surface area contributed by atoms with Gasteiger partial charge in [-0.3, -0.25) is 4.98 Å². The molecule has 25 heavy (non-hydrogen) atoms. The van der Waals surface area contributed by atoms with E-state index in [0.717, 1.165) is 37.1 Å². The Morgan fingerprint density at radius 3 is 2.12 bits per heavy atom. The van der Waals surface area contributed by atoms with Gasteiger partial charge in [0.1, 0.15) is 5.82 Å². The van der Waals surface area contributed by atoms with E-state index in [0.29, 0.717) is 0 Å². The number of hydrogen-bond acceptors (Lipinski definition) is 2. The van der Waals surface area contributed by atoms with E-state index in [2.05, 4.69) is 10.3 Å². The smallest absolute Gasteiger partial charge is 0.318 e. The molecular weight excluding hydrogens is 317 g/mol. The van der Waals surface area contributed by atoms with Crippen molar-refractivity contribution in [3.63, 3.8) is 0 Å². The summed E-state index contributed by atoms with van der Waals surface area (Å²) in [6.07, 6.45) is 9.10. The van der Waals surface area contributed by atoms with Gasteiger partial charge in [0, 0.05) is 25.5 Å². The van der Waals surface area contributed by atoms with E-state index >= 15 is 0 Å². The van der Waals surface area contributed by atoms with Crippen molar-refractivity contribution in [1.29, 1.82) is 0 Å². The summed E-state index contributed by atoms with van der Waals surface area (Å²) in [5.41, 5.74) is 1.79. The molecule has 0 bridgehead atoms. The molecule has 0 aliphatic carbocycles. The van der Waals surface area contributed by atoms with Crippen molar-refractivity contribution in [3.05, 3.63) is 65.7 Å². The molecule has 1 aromatic carbocycles. The topological polar surface area (TPSA) is 45.2 Å². The first-order chi connectivity index (χ1) is 12.2. The first kappa shape index (κ1) is 17.4. The van der Waals surface area contributed by atoms with E-state index < -0.39 is 0 Å². The largest absolute Gasteiger partial charge is 0.327 e. The third kappa shape index (κ3) is 4.78. The number of hydrogen-bond donors (Lipinski definition) is 1. The zero-order chi connectivity index (χ0) is 17.5. The monoisotopic (exact) mass is 341 g/mol. The first-order valence-corrected chi connectivity index (χ1v) is 8.95. The fourth-order valence-electron chi connectivity index (χ4n) is 3.24. The van der Waals surface area contributed by atoms with Gasteiger partial charge in [-0.2, -0.15) is 0 Å². The molecule has 5 heteroatoms. The second-order valence-corrected chi connectivity index (χ2v) is 6.47. The van der Waals surface area contributed by atoms with Gasteiger partial charge in [0.15, 0.2) is 0 Å². The molecule has 1 atom stereocenters. The summed E-state index contributed by atoms with van der Waals surface area (Å²) in [5, 5.41) is 3.12. The molecule has 132 valence electrons. The molecule has 2 heterocycles. The molecule has 2 aromatic rings. The lowest BCUT2D eigenvalue weighted by molar-refractivity contribution is 0.190. The van der Waals surface area contributed by atoms with Crippen LogP contribution in [-0.2, 0) is 0 Å². The second kappa shape index (κ2) is 8.60. The maximum Gasteiger partial charge on any atom is 0.318 e. The van der Waals surface area contributed by atoms with Crippen LogP contribution in [0.1, 0.15) is 49.3 Å². The molecule has 0 saturated carbocycles. The highest BCUT2D eigenvalue weighted by Gasteiger charge is 2.21. The van der Waals surface area contributed by atoms with Crippen molar-refractivity contribution in [1.82, 2.24) is 15.2 Å². The van der Waals surface area contributed by atoms with Gasteiger partial charge < -0.3 is 10.2 Å². The Balaban J connectivity index is 1.79. The number of aromatic nitrogens is 1. The average molecular weight is 341 g/mol. The van der Waals surface area contributed by atoms with E-state index in [-0.39, 0.29) is 17.9 Å². The van der Waals surface area contributed by atoms with Crippen LogP contribution in [0.3, 0.4) is 0 Å². The number of nitrogens with one attached hydrogen (secondary N) is 1. The SMILES string of the molecule is O=C(N[C@@H](c1ccncc1)c1ccc(F)cc1)N1CCCCCCC1. The van der Waals surface area contributed by atoms with Gasteiger partial charge in [0.05, 0.1) is 6.04 Å². The molecule has 1 aliphatic rings. The van der Waals surface area contributed by atoms with Crippen molar-refractivity contribution in [3.8, 4) is 0 Å². The Morgan fingerprint density at radius 2 is 1.48 bits per heavy atom. The number of benzene rings is 1. The summed E-state index contributed by atoms with van der Waals surface area (Å²) in [6.45, 7) is 1.58. The van der Waals surface area contributed by atoms with Crippen LogP contribution < -0.4 is 5.32 Å². The molecule has 1 N–H and O–H groups in total. The minimum absolute atomic E-state index is 0.0620. The lowest BCUT2D eigenvalue weighted by Gasteiger charge is -2.28. The molecule has 1 saturated heterocycles. The maximum absolute atomic E-state index is 13.3. The summed E-state index contributed by atoms with van der Waals surface area (Å²) in [4.78, 5) is 18.8. The number of rotatable bonds is 3. The molecule has 1 aromatic heterocycles. The van der Waals surface area contributed by atoms with Crippen LogP contribution in [0, 0.1) is 5.82 Å². The highest BCUT2D eigenvalue weighted by Crippen LogP contribution is 2.22. The molecule has 1 aliphatic heterocycles. The number of halogens is 1. The number of pyridine rings is 1. The van der Waals surface area contributed by atoms with Crippen LogP contribution in [0.2, 0.25) is 0 Å². The third-order valence-corrected chi connectivity index (χ3v) is 4.65. The second-order valence-electron chi connectivity index (χ2n) is 6.47. The van der Waals surface area contributed by atoms with Crippen molar-refractivity contribution in [2.75, 3.05) is 13.1 Å². The minimum atomic E-state index is -0.318. The van der Waals surface area contributed by atoms with Crippen LogP contribution in [0.15, 0.2) is 48.8 Å². The van der Waals surface area contributed by atoms with E-state index in [9.17, 15) is 9.18 Å². The summed E-state index contributed by atoms with van der Waals surface area (Å²) in [5.74, 6) is -0.285. The van der Waals surface area contributed by atoms with Crippen LogP contribution in [0.25, 0.3) is 0 Å². The fourth-order valence-corrected chi connectivity index (χ4v) is 3.24. The average Bonchev–Trinajstić information content (AvgIpc) is 2.61. The predicted molar refractivity (Wildman–Crippen MR) is 95.7 cm³/mol. The Morgan fingerprint density at radius 1 is 0.920 bits per heavy atom. The number of carbonyl (C=O) groups is 1. The van der Waals surface area contributed by atoms with Gasteiger partial charge in [-0.1, -0.05) is 31.4 Å². The van der Waals surface area contributed by atoms with Gasteiger partial charge in [-0.05, 0) is 48.2 Å². The standard InChI is InChI=1S/C20H24FN3O/c21-18-8-6-16(7-9-18)19(17-10-12-22-13-11-17)23-20(25)24-14-4-2-1-3-5-15-24/h6-13,19H,1-5,14-15H2,(H,23,25)/t19-/m1/s1. The van der Waals surface area contributed by atoms with Crippen molar-refractivity contribution >= 4 is 6.03 Å². The molecule has 2 amide bonds. The van der Waals surface area contributed by atoms with Crippen molar-refractivity contribution < 1.29 is 9.18 Å². The van der Waals surface area contributed by atoms with Crippen LogP contribution >= 0.6 is 0 Å². The first-order valence-electron chi connectivity index (χ1n) is 8.95. The summed E-state index contributed by atoms with van der Waals surface area (Å²) in [6, 6.07) is 9.65. The van der Waals surface area contributed by atoms with Gasteiger partial charge in [-0.25, -0.2) is 9.18 Å². The molecule has 0 radical (unpaired) electrons. The number of urea groups is 1. The molecule has 3 rings (SSSR count). The van der Waals surface area contributed by atoms with Gasteiger partial charge in [0.2, 0.25) is 0 Å². The van der Waals surface area contributed by atoms with Crippen LogP contribution in [0.5, 0.6) is 0 Å². The van der Waals surface area contributed by atoms with E-state index in [1.165, 1.54) is 31.4 Å². The number of likely N-dealkylation sites (tertiary alicyclic amines) is 1. The van der Waals surface area contributed by atoms with Crippen molar-refractivity contribution in [2.45, 2.75) is 38.1 Å². The lowest BCUT2D eigenvalue weighted by atomic mass is 9.99. The molecule has 0 spiro atoms. The maximum atomic E-state index is 13.3. The number of nitrogens with zero attached hydrogens (tertiary/aromatic N) is 2. The molecule has 4 nitrogen and oxygen atoms in total. The third-order valence-electron chi connectivity index (χ3n) is 4.65. The van der Waals surface area contributed by atoms with Crippen LogP contribution in [-0.4, -0.2) is 29.0 Å². The predicted octanol–water partition coefficient (Wildman–Crippen LogP) is 4.29. The molecule has 1 fully saturated rings. The normalized spacial score (nSPS) is 16.6. The van der Waals surface area contributed by atoms with Crippen LogP contribution in [0.4, 0.5) is 9.18 Å². The molecular formula is C20H24FN3O. The summed E-state index contributed by atoms with van der Waals surface area (Å²) >= 11 is 0. The Bertz CT molecular complexity index is 667. The van der Waals surface area contributed by atoms with Gasteiger partial charge in [-0.15, -0.1) is 0 Å². The highest BCUT2D eigenvalue weighted by molar-refractivity contribution is 5.75. The van der Waals surface area contributed by atoms with Gasteiger partial charge in [0.25, 0.3) is 0 Å². The highest BCUT2D eigenvalue weighted by atomic mass is 19.1. The zero-order valence-electron chi connectivity index (χ0n) is 14.3. The van der Waals surface area contributed by atoms with Gasteiger partial charge >= 0.3 is 6.03 Å². The zero-order valence-corrected chi connectivity index (χ0v) is 14.3. The van der Waals surface area contributed by atoms with E-state index in [4.69, 9.17) is 0 Å². The van der Waals surface area contributed by atoms with Crippen molar-refractivity contribution in [2.24, 2.45) is 0 Å². The quantitative estimate of drug-likeness (QED) is 0.905. The molecule has 0 unspecified atom stereocenters. The minimum Gasteiger partial charge on any atom is -0.327 e. The van der Waals surface area contributed by atoms with E-state index in [1.54, 1.807) is 24.5 Å². The lowest BCUT2D eigenvalue weighted by Crippen LogP contribution is -2.43.